The molecule has 1 aliphatic rings. The number of nitrogens with one attached hydrogen (secondary N) is 2. The molecular formula is C21H20FN5O4S. The number of sulfonamides is 1. The average molecular weight is 457 g/mol. The molecule has 2 heterocycles. The fourth-order valence-electron chi connectivity index (χ4n) is 3.77. The largest absolute Gasteiger partial charge is 0.295 e. The molecule has 166 valence electrons. The molecule has 2 aromatic carbocycles. The van der Waals surface area contributed by atoms with Gasteiger partial charge in [-0.25, -0.2) is 17.8 Å². The van der Waals surface area contributed by atoms with E-state index in [1.165, 1.54) is 51.7 Å². The molecule has 2 amide bonds. The second-order valence-electron chi connectivity index (χ2n) is 7.49. The van der Waals surface area contributed by atoms with Crippen molar-refractivity contribution in [2.75, 3.05) is 10.6 Å². The second kappa shape index (κ2) is 8.08. The smallest absolute Gasteiger partial charge is 0.288 e. The first-order valence-corrected chi connectivity index (χ1v) is 11.5. The number of anilines is 1. The fourth-order valence-corrected chi connectivity index (χ4v) is 5.03. The Balaban J connectivity index is 1.47. The number of hydrogen-bond acceptors (Lipinski definition) is 5. The van der Waals surface area contributed by atoms with E-state index in [1.54, 1.807) is 19.1 Å². The van der Waals surface area contributed by atoms with Crippen LogP contribution in [0.3, 0.4) is 0 Å². The summed E-state index contributed by atoms with van der Waals surface area (Å²) in [6.07, 6.45) is 4.35. The number of carbonyl (C=O) groups is 2. The van der Waals surface area contributed by atoms with Crippen molar-refractivity contribution >= 4 is 27.5 Å². The lowest BCUT2D eigenvalue weighted by molar-refractivity contribution is 0.0843. The Morgan fingerprint density at radius 1 is 1.09 bits per heavy atom. The van der Waals surface area contributed by atoms with E-state index in [9.17, 15) is 22.4 Å². The van der Waals surface area contributed by atoms with Crippen LogP contribution in [0, 0.1) is 5.82 Å². The summed E-state index contributed by atoms with van der Waals surface area (Å²) in [6, 6.07) is 9.97. The van der Waals surface area contributed by atoms with Crippen LogP contribution in [0.15, 0.2) is 55.0 Å². The number of amides is 2. The number of hydrogen-bond donors (Lipinski definition) is 2. The van der Waals surface area contributed by atoms with Gasteiger partial charge in [0.25, 0.3) is 11.8 Å². The normalized spacial score (nSPS) is 15.3. The van der Waals surface area contributed by atoms with E-state index in [-0.39, 0.29) is 17.3 Å². The summed E-state index contributed by atoms with van der Waals surface area (Å²) in [5.41, 5.74) is 6.91. The molecule has 0 saturated heterocycles. The predicted octanol–water partition coefficient (Wildman–Crippen LogP) is 1.80. The zero-order valence-corrected chi connectivity index (χ0v) is 18.1. The SMILES string of the molecule is C[C@@H]1Cc2cc(C(=O)NNC(=O)c3cncn3-c3ccc(F)cc3)ccc2N1S(C)(=O)=O. The van der Waals surface area contributed by atoms with Crippen molar-refractivity contribution in [1.82, 2.24) is 20.4 Å². The number of halogens is 1. The van der Waals surface area contributed by atoms with E-state index in [2.05, 4.69) is 15.8 Å². The summed E-state index contributed by atoms with van der Waals surface area (Å²) in [5.74, 6) is -1.58. The molecule has 3 aromatic rings. The molecule has 0 saturated carbocycles. The number of imidazole rings is 1. The minimum atomic E-state index is -3.43. The number of rotatable bonds is 4. The second-order valence-corrected chi connectivity index (χ2v) is 9.35. The summed E-state index contributed by atoms with van der Waals surface area (Å²) in [7, 11) is -3.43. The van der Waals surface area contributed by atoms with Crippen LogP contribution in [0.25, 0.3) is 5.69 Å². The maximum absolute atomic E-state index is 13.2. The minimum absolute atomic E-state index is 0.142. The molecule has 11 heteroatoms. The van der Waals surface area contributed by atoms with Crippen molar-refractivity contribution < 1.29 is 22.4 Å². The van der Waals surface area contributed by atoms with E-state index >= 15 is 0 Å². The van der Waals surface area contributed by atoms with Crippen LogP contribution >= 0.6 is 0 Å². The first-order chi connectivity index (χ1) is 15.1. The molecule has 0 unspecified atom stereocenters. The number of carbonyl (C=O) groups excluding carboxylic acids is 2. The Morgan fingerprint density at radius 2 is 1.78 bits per heavy atom. The van der Waals surface area contributed by atoms with E-state index in [0.29, 0.717) is 17.8 Å². The summed E-state index contributed by atoms with van der Waals surface area (Å²) in [4.78, 5) is 29.0. The van der Waals surface area contributed by atoms with Gasteiger partial charge >= 0.3 is 0 Å². The van der Waals surface area contributed by atoms with Gasteiger partial charge < -0.3 is 0 Å². The van der Waals surface area contributed by atoms with Gasteiger partial charge in [-0.3, -0.25) is 29.3 Å². The lowest BCUT2D eigenvalue weighted by Gasteiger charge is -2.21. The third kappa shape index (κ3) is 4.06. The van der Waals surface area contributed by atoms with E-state index in [1.807, 2.05) is 0 Å². The Labute approximate surface area is 183 Å². The van der Waals surface area contributed by atoms with Crippen LogP contribution in [0.5, 0.6) is 0 Å². The number of aromatic nitrogens is 2. The highest BCUT2D eigenvalue weighted by Gasteiger charge is 2.32. The minimum Gasteiger partial charge on any atom is -0.295 e. The van der Waals surface area contributed by atoms with E-state index in [4.69, 9.17) is 0 Å². The topological polar surface area (TPSA) is 113 Å². The van der Waals surface area contributed by atoms with Crippen LogP contribution in [-0.4, -0.2) is 42.1 Å². The first-order valence-electron chi connectivity index (χ1n) is 9.66. The number of nitrogens with zero attached hydrogens (tertiary/aromatic N) is 3. The molecule has 0 fully saturated rings. The Kier molecular flexibility index (Phi) is 5.43. The third-order valence-corrected chi connectivity index (χ3v) is 6.39. The molecule has 1 aromatic heterocycles. The van der Waals surface area contributed by atoms with Crippen molar-refractivity contribution in [3.8, 4) is 5.69 Å². The van der Waals surface area contributed by atoms with Crippen molar-refractivity contribution in [3.63, 3.8) is 0 Å². The van der Waals surface area contributed by atoms with Crippen LogP contribution in [0.1, 0.15) is 33.3 Å². The van der Waals surface area contributed by atoms with Gasteiger partial charge in [-0.15, -0.1) is 0 Å². The van der Waals surface area contributed by atoms with Gasteiger partial charge in [-0.05, 0) is 61.4 Å². The average Bonchev–Trinajstić information content (AvgIpc) is 3.35. The number of hydrazine groups is 1. The summed E-state index contributed by atoms with van der Waals surface area (Å²) >= 11 is 0. The number of fused-ring (bicyclic) bond motifs is 1. The van der Waals surface area contributed by atoms with Crippen LogP contribution in [-0.2, 0) is 16.4 Å². The Bertz CT molecular complexity index is 1300. The third-order valence-electron chi connectivity index (χ3n) is 5.12. The van der Waals surface area contributed by atoms with E-state index in [0.717, 1.165) is 11.8 Å². The standard InChI is InChI=1S/C21H20FN5O4S/c1-13-9-15-10-14(3-8-18(15)27(13)32(2,30)31)20(28)24-25-21(29)19-11-23-12-26(19)17-6-4-16(22)5-7-17/h3-8,10-13H,9H2,1-2H3,(H,24,28)(H,25,29)/t13-/m1/s1. The monoisotopic (exact) mass is 457 g/mol. The molecule has 1 atom stereocenters. The zero-order chi connectivity index (χ0) is 23.0. The predicted molar refractivity (Wildman–Crippen MR) is 115 cm³/mol. The lowest BCUT2D eigenvalue weighted by atomic mass is 10.1. The maximum Gasteiger partial charge on any atom is 0.288 e. The van der Waals surface area contributed by atoms with E-state index < -0.39 is 27.7 Å². The van der Waals surface area contributed by atoms with Crippen molar-refractivity contribution in [2.45, 2.75) is 19.4 Å². The van der Waals surface area contributed by atoms with Gasteiger partial charge in [-0.2, -0.15) is 0 Å². The molecule has 2 N–H and O–H groups in total. The van der Waals surface area contributed by atoms with Crippen LogP contribution < -0.4 is 15.2 Å². The molecule has 4 rings (SSSR count). The molecule has 0 bridgehead atoms. The molecule has 9 nitrogen and oxygen atoms in total. The van der Waals surface area contributed by atoms with Gasteiger partial charge in [0.05, 0.1) is 24.5 Å². The lowest BCUT2D eigenvalue weighted by Crippen LogP contribution is -2.42. The van der Waals surface area contributed by atoms with Gasteiger partial charge in [0.1, 0.15) is 11.5 Å². The van der Waals surface area contributed by atoms with Crippen molar-refractivity contribution in [2.24, 2.45) is 0 Å². The molecular weight excluding hydrogens is 437 g/mol. The van der Waals surface area contributed by atoms with Crippen molar-refractivity contribution in [3.05, 3.63) is 77.6 Å². The zero-order valence-electron chi connectivity index (χ0n) is 17.2. The number of benzene rings is 2. The van der Waals surface area contributed by atoms with Crippen LogP contribution in [0.4, 0.5) is 10.1 Å². The summed E-state index contributed by atoms with van der Waals surface area (Å²) in [6.45, 7) is 1.80. The highest BCUT2D eigenvalue weighted by atomic mass is 32.2. The highest BCUT2D eigenvalue weighted by molar-refractivity contribution is 7.92. The summed E-state index contributed by atoms with van der Waals surface area (Å²) < 4.78 is 40.0. The Morgan fingerprint density at radius 3 is 2.47 bits per heavy atom. The highest BCUT2D eigenvalue weighted by Crippen LogP contribution is 2.34. The maximum atomic E-state index is 13.2. The quantitative estimate of drug-likeness (QED) is 0.580. The van der Waals surface area contributed by atoms with Gasteiger partial charge in [0.2, 0.25) is 10.0 Å². The van der Waals surface area contributed by atoms with Crippen LogP contribution in [0.2, 0.25) is 0 Å². The molecule has 1 aliphatic heterocycles. The fraction of sp³-hybridized carbons (Fsp3) is 0.190. The molecule has 0 spiro atoms. The Hall–Kier alpha value is -3.73. The molecule has 0 aliphatic carbocycles. The van der Waals surface area contributed by atoms with Gasteiger partial charge in [0, 0.05) is 17.3 Å². The first kappa shape index (κ1) is 21.5. The molecule has 32 heavy (non-hydrogen) atoms. The van der Waals surface area contributed by atoms with Crippen molar-refractivity contribution in [1.29, 1.82) is 0 Å². The molecule has 0 radical (unpaired) electrons. The summed E-state index contributed by atoms with van der Waals surface area (Å²) in [5, 5.41) is 0. The van der Waals surface area contributed by atoms with Gasteiger partial charge in [-0.1, -0.05) is 0 Å². The van der Waals surface area contributed by atoms with Gasteiger partial charge in [0.15, 0.2) is 0 Å².